The van der Waals surface area contributed by atoms with Crippen LogP contribution in [0.5, 0.6) is 0 Å². The van der Waals surface area contributed by atoms with Gasteiger partial charge in [-0.05, 0) is 19.2 Å². The summed E-state index contributed by atoms with van der Waals surface area (Å²) in [6.07, 6.45) is 0.827. The minimum Gasteiger partial charge on any atom is -0.340 e. The number of hydrogen-bond acceptors (Lipinski definition) is 6. The zero-order chi connectivity index (χ0) is 14.8. The lowest BCUT2D eigenvalue weighted by molar-refractivity contribution is 0.387. The Morgan fingerprint density at radius 1 is 1.35 bits per heavy atom. The quantitative estimate of drug-likeness (QED) is 0.645. The van der Waals surface area contributed by atoms with Crippen LogP contribution in [0.1, 0.15) is 11.7 Å². The predicted octanol–water partition coefficient (Wildman–Crippen LogP) is 2.21. The van der Waals surface area contributed by atoms with Gasteiger partial charge in [-0.1, -0.05) is 28.6 Å². The van der Waals surface area contributed by atoms with E-state index in [1.54, 1.807) is 14.0 Å². The van der Waals surface area contributed by atoms with E-state index in [9.17, 15) is 0 Å². The van der Waals surface area contributed by atoms with Crippen LogP contribution < -0.4 is 10.3 Å². The van der Waals surface area contributed by atoms with Crippen LogP contribution in [0.3, 0.4) is 0 Å². The van der Waals surface area contributed by atoms with E-state index in [0.29, 0.717) is 5.89 Å². The summed E-state index contributed by atoms with van der Waals surface area (Å²) in [7, 11) is 3.63. The summed E-state index contributed by atoms with van der Waals surface area (Å²) in [6.45, 7) is 2.68. The Morgan fingerprint density at radius 2 is 2.05 bits per heavy atom. The third-order valence-corrected chi connectivity index (χ3v) is 2.45. The molecule has 0 radical (unpaired) electrons. The number of likely N-dealkylation sites (N-methyl/N-ethyl adjacent to an activating group) is 1. The van der Waals surface area contributed by atoms with Crippen molar-refractivity contribution < 1.29 is 4.52 Å². The summed E-state index contributed by atoms with van der Waals surface area (Å²) in [5, 5.41) is 11.5. The van der Waals surface area contributed by atoms with Crippen molar-refractivity contribution in [3.8, 4) is 0 Å². The van der Waals surface area contributed by atoms with Gasteiger partial charge >= 0.3 is 0 Å². The molecule has 2 N–H and O–H groups in total. The second-order valence-corrected chi connectivity index (χ2v) is 4.04. The minimum atomic E-state index is 0.631. The van der Waals surface area contributed by atoms with E-state index in [1.807, 2.05) is 37.4 Å². The van der Waals surface area contributed by atoms with Crippen molar-refractivity contribution >= 4 is 5.69 Å². The summed E-state index contributed by atoms with van der Waals surface area (Å²) in [4.78, 5) is 4.03. The van der Waals surface area contributed by atoms with E-state index in [1.165, 1.54) is 5.01 Å². The van der Waals surface area contributed by atoms with Crippen molar-refractivity contribution in [2.45, 2.75) is 13.3 Å². The van der Waals surface area contributed by atoms with Gasteiger partial charge in [0.2, 0.25) is 5.89 Å². The number of para-hydroxylation sites is 1. The molecule has 0 amide bonds. The van der Waals surface area contributed by atoms with Crippen molar-refractivity contribution in [3.63, 3.8) is 0 Å². The zero-order valence-corrected chi connectivity index (χ0v) is 12.0. The lowest BCUT2D eigenvalue weighted by Gasteiger charge is -2.08. The summed E-state index contributed by atoms with van der Waals surface area (Å²) in [6, 6.07) is 9.56. The van der Waals surface area contributed by atoms with E-state index in [-0.39, 0.29) is 0 Å². The fourth-order valence-corrected chi connectivity index (χ4v) is 1.38. The second-order valence-electron chi connectivity index (χ2n) is 4.04. The first kappa shape index (κ1) is 15.8. The Kier molecular flexibility index (Phi) is 6.91. The average Bonchev–Trinajstić information content (AvgIpc) is 2.91. The average molecular weight is 276 g/mol. The maximum absolute atomic E-state index is 6.70. The molecule has 2 rings (SSSR count). The smallest absolute Gasteiger partial charge is 0.223 e. The van der Waals surface area contributed by atoms with E-state index in [4.69, 9.17) is 10.1 Å². The molecule has 1 aromatic carbocycles. The molecule has 0 saturated carbocycles. The van der Waals surface area contributed by atoms with E-state index >= 15 is 0 Å². The third kappa shape index (κ3) is 5.57. The summed E-state index contributed by atoms with van der Waals surface area (Å²) in [5.41, 5.74) is 7.63. The van der Waals surface area contributed by atoms with Gasteiger partial charge in [0.1, 0.15) is 0 Å². The number of nitrogens with zero attached hydrogens (tertiary/aromatic N) is 4. The number of aromatic nitrogens is 2. The van der Waals surface area contributed by atoms with Gasteiger partial charge in [-0.3, -0.25) is 5.01 Å². The van der Waals surface area contributed by atoms with Gasteiger partial charge in [-0.25, -0.2) is 0 Å². The Hall–Kier alpha value is -2.28. The molecule has 108 valence electrons. The number of hydrogen-bond donors (Lipinski definition) is 2. The molecule has 20 heavy (non-hydrogen) atoms. The molecule has 1 aromatic heterocycles. The maximum Gasteiger partial charge on any atom is 0.223 e. The third-order valence-electron chi connectivity index (χ3n) is 2.45. The summed E-state index contributed by atoms with van der Waals surface area (Å²) >= 11 is 0. The van der Waals surface area contributed by atoms with Crippen LogP contribution in [-0.4, -0.2) is 30.8 Å². The SMILES string of the molecule is CN(N=N)c1ccccc1.CNCCc1noc(C)n1. The zero-order valence-electron chi connectivity index (χ0n) is 12.0. The number of nitrogens with one attached hydrogen (secondary N) is 2. The maximum atomic E-state index is 6.70. The molecule has 0 fully saturated rings. The number of benzene rings is 1. The van der Waals surface area contributed by atoms with Crippen molar-refractivity contribution in [2.75, 3.05) is 25.6 Å². The normalized spacial score (nSPS) is 9.55. The van der Waals surface area contributed by atoms with Crippen molar-refractivity contribution in [2.24, 2.45) is 5.22 Å². The van der Waals surface area contributed by atoms with Gasteiger partial charge in [-0.2, -0.15) is 10.5 Å². The summed E-state index contributed by atoms with van der Waals surface area (Å²) < 4.78 is 4.77. The van der Waals surface area contributed by atoms with Crippen LogP contribution in [0, 0.1) is 12.5 Å². The first-order chi connectivity index (χ1) is 9.67. The fraction of sp³-hybridized carbons (Fsp3) is 0.385. The lowest BCUT2D eigenvalue weighted by atomic mass is 10.3. The standard InChI is InChI=1S/C7H9N3.C6H11N3O/c1-10(9-8)7-5-3-2-4-6-7;1-5-8-6(9-10-5)3-4-7-2/h2-6,8H,1H3;7H,3-4H2,1-2H3. The van der Waals surface area contributed by atoms with Crippen LogP contribution in [0.25, 0.3) is 0 Å². The molecule has 1 heterocycles. The molecule has 0 bridgehead atoms. The van der Waals surface area contributed by atoms with Crippen molar-refractivity contribution in [3.05, 3.63) is 42.0 Å². The van der Waals surface area contributed by atoms with Crippen LogP contribution in [-0.2, 0) is 6.42 Å². The largest absolute Gasteiger partial charge is 0.340 e. The van der Waals surface area contributed by atoms with Crippen molar-refractivity contribution in [1.29, 1.82) is 5.53 Å². The van der Waals surface area contributed by atoms with Crippen LogP contribution >= 0.6 is 0 Å². The van der Waals surface area contributed by atoms with Crippen molar-refractivity contribution in [1.82, 2.24) is 15.5 Å². The van der Waals surface area contributed by atoms with E-state index < -0.39 is 0 Å². The van der Waals surface area contributed by atoms with Gasteiger partial charge in [0.05, 0.1) is 5.69 Å². The highest BCUT2D eigenvalue weighted by Gasteiger charge is 1.99. The number of anilines is 1. The minimum absolute atomic E-state index is 0.631. The highest BCUT2D eigenvalue weighted by molar-refractivity contribution is 5.43. The van der Waals surface area contributed by atoms with E-state index in [0.717, 1.165) is 24.5 Å². The van der Waals surface area contributed by atoms with Gasteiger partial charge in [0.25, 0.3) is 0 Å². The monoisotopic (exact) mass is 276 g/mol. The van der Waals surface area contributed by atoms with E-state index in [2.05, 4.69) is 20.7 Å². The van der Waals surface area contributed by atoms with Gasteiger partial charge < -0.3 is 9.84 Å². The first-order valence-electron chi connectivity index (χ1n) is 6.27. The van der Waals surface area contributed by atoms with Gasteiger partial charge in [0.15, 0.2) is 5.82 Å². The molecule has 7 heteroatoms. The second kappa shape index (κ2) is 8.76. The first-order valence-corrected chi connectivity index (χ1v) is 6.27. The Balaban J connectivity index is 0.000000200. The number of aryl methyl sites for hydroxylation is 1. The molecule has 0 saturated heterocycles. The van der Waals surface area contributed by atoms with Gasteiger partial charge in [-0.15, -0.1) is 0 Å². The summed E-state index contributed by atoms with van der Waals surface area (Å²) in [5.74, 6) is 1.40. The lowest BCUT2D eigenvalue weighted by Crippen LogP contribution is -2.10. The Morgan fingerprint density at radius 3 is 2.55 bits per heavy atom. The Labute approximate surface area is 118 Å². The molecule has 0 unspecified atom stereocenters. The Bertz CT molecular complexity index is 499. The highest BCUT2D eigenvalue weighted by Crippen LogP contribution is 2.09. The molecular formula is C13H20N6O. The molecule has 7 nitrogen and oxygen atoms in total. The van der Waals surface area contributed by atoms with Crippen LogP contribution in [0.15, 0.2) is 40.1 Å². The topological polar surface area (TPSA) is 90.4 Å². The van der Waals surface area contributed by atoms with Gasteiger partial charge in [0, 0.05) is 26.9 Å². The van der Waals surface area contributed by atoms with Crippen LogP contribution in [0.2, 0.25) is 0 Å². The molecule has 0 spiro atoms. The van der Waals surface area contributed by atoms with Crippen LogP contribution in [0.4, 0.5) is 5.69 Å². The molecule has 0 aliphatic rings. The molecular weight excluding hydrogens is 256 g/mol. The highest BCUT2D eigenvalue weighted by atomic mass is 16.5. The fourth-order valence-electron chi connectivity index (χ4n) is 1.38. The predicted molar refractivity (Wildman–Crippen MR) is 76.7 cm³/mol. The molecule has 0 aliphatic carbocycles. The molecule has 0 aliphatic heterocycles. The number of rotatable bonds is 5. The molecule has 2 aromatic rings. The molecule has 0 atom stereocenters.